The van der Waals surface area contributed by atoms with Gasteiger partial charge in [-0.25, -0.2) is 9.97 Å². The summed E-state index contributed by atoms with van der Waals surface area (Å²) >= 11 is 0. The zero-order valence-electron chi connectivity index (χ0n) is 19.0. The first-order valence-electron chi connectivity index (χ1n) is 12.1. The van der Waals surface area contributed by atoms with E-state index in [0.29, 0.717) is 5.92 Å². The van der Waals surface area contributed by atoms with Gasteiger partial charge < -0.3 is 15.5 Å². The number of hydrogen-bond donors (Lipinski definition) is 2. The lowest BCUT2D eigenvalue weighted by molar-refractivity contribution is -0.138. The van der Waals surface area contributed by atoms with Gasteiger partial charge in [-0.15, -0.1) is 0 Å². The van der Waals surface area contributed by atoms with E-state index in [1.165, 1.54) is 18.4 Å². The lowest BCUT2D eigenvalue weighted by Gasteiger charge is -2.36. The number of rotatable bonds is 5. The Morgan fingerprint density at radius 1 is 1.09 bits per heavy atom. The van der Waals surface area contributed by atoms with Crippen molar-refractivity contribution in [2.24, 2.45) is 0 Å². The van der Waals surface area contributed by atoms with Gasteiger partial charge in [0.1, 0.15) is 17.7 Å². The number of likely N-dealkylation sites (tertiary alicyclic amines) is 2. The molecule has 1 atom stereocenters. The summed E-state index contributed by atoms with van der Waals surface area (Å²) in [6, 6.07) is 10.1. The molecule has 0 radical (unpaired) electrons. The normalized spacial score (nSPS) is 20.7. The zero-order valence-corrected chi connectivity index (χ0v) is 19.0. The largest absolute Gasteiger partial charge is 0.373 e. The molecule has 1 aromatic heterocycles. The van der Waals surface area contributed by atoms with Crippen molar-refractivity contribution in [1.29, 1.82) is 0 Å². The first-order valence-corrected chi connectivity index (χ1v) is 12.1. The van der Waals surface area contributed by atoms with Gasteiger partial charge in [-0.2, -0.15) is 0 Å². The number of fused-ring (bicyclic) bond motifs is 1. The van der Waals surface area contributed by atoms with E-state index in [1.807, 2.05) is 25.2 Å². The third-order valence-corrected chi connectivity index (χ3v) is 7.22. The van der Waals surface area contributed by atoms with Gasteiger partial charge in [0, 0.05) is 38.2 Å². The fourth-order valence-corrected chi connectivity index (χ4v) is 5.44. The van der Waals surface area contributed by atoms with Gasteiger partial charge in [0.2, 0.25) is 5.91 Å². The molecule has 0 saturated carbocycles. The van der Waals surface area contributed by atoms with Crippen molar-refractivity contribution >= 4 is 11.7 Å². The maximum Gasteiger partial charge on any atom is 0.244 e. The van der Waals surface area contributed by atoms with Crippen LogP contribution in [0.15, 0.2) is 30.3 Å². The number of carbonyl (C=O) groups is 1. The molecule has 7 heteroatoms. The predicted octanol–water partition coefficient (Wildman–Crippen LogP) is 2.71. The summed E-state index contributed by atoms with van der Waals surface area (Å²) in [6.45, 7) is 5.34. The van der Waals surface area contributed by atoms with Crippen LogP contribution in [0.4, 0.5) is 5.82 Å². The summed E-state index contributed by atoms with van der Waals surface area (Å²) in [5.74, 6) is 2.47. The maximum absolute atomic E-state index is 13.7. The first kappa shape index (κ1) is 21.3. The minimum Gasteiger partial charge on any atom is -0.373 e. The Bertz CT molecular complexity index is 918. The molecule has 1 amide bonds. The molecule has 1 aromatic carbocycles. The Hall–Kier alpha value is -2.51. The molecule has 0 bridgehead atoms. The second-order valence-electron chi connectivity index (χ2n) is 9.19. The van der Waals surface area contributed by atoms with E-state index in [0.717, 1.165) is 81.4 Å². The lowest BCUT2D eigenvalue weighted by Crippen LogP contribution is -2.45. The fraction of sp³-hybridized carbons (Fsp3) is 0.560. The number of anilines is 1. The topological polar surface area (TPSA) is 73.4 Å². The number of carbonyl (C=O) groups excluding carboxylic acids is 1. The van der Waals surface area contributed by atoms with Crippen LogP contribution >= 0.6 is 0 Å². The first-order chi connectivity index (χ1) is 15.7. The second-order valence-corrected chi connectivity index (χ2v) is 9.19. The Balaban J connectivity index is 1.30. The van der Waals surface area contributed by atoms with Gasteiger partial charge in [0.25, 0.3) is 0 Å². The Kier molecular flexibility index (Phi) is 6.37. The van der Waals surface area contributed by atoms with E-state index in [1.54, 1.807) is 0 Å². The third kappa shape index (κ3) is 4.24. The van der Waals surface area contributed by atoms with Crippen molar-refractivity contribution < 1.29 is 4.79 Å². The van der Waals surface area contributed by atoms with Gasteiger partial charge in [-0.1, -0.05) is 30.3 Å². The van der Waals surface area contributed by atoms with E-state index in [-0.39, 0.29) is 11.9 Å². The molecule has 2 fully saturated rings. The molecule has 3 aliphatic rings. The molecule has 2 saturated heterocycles. The molecule has 3 aliphatic heterocycles. The Morgan fingerprint density at radius 3 is 2.56 bits per heavy atom. The molecular weight excluding hydrogens is 400 g/mol. The Morgan fingerprint density at radius 2 is 1.84 bits per heavy atom. The van der Waals surface area contributed by atoms with Crippen LogP contribution in [-0.4, -0.2) is 65.4 Å². The van der Waals surface area contributed by atoms with E-state index < -0.39 is 0 Å². The summed E-state index contributed by atoms with van der Waals surface area (Å²) in [5.41, 5.74) is 3.49. The van der Waals surface area contributed by atoms with E-state index >= 15 is 0 Å². The quantitative estimate of drug-likeness (QED) is 0.754. The highest BCUT2D eigenvalue weighted by Crippen LogP contribution is 2.32. The van der Waals surface area contributed by atoms with Crippen LogP contribution in [0.3, 0.4) is 0 Å². The van der Waals surface area contributed by atoms with Crippen molar-refractivity contribution in [2.45, 2.75) is 50.6 Å². The average molecular weight is 435 g/mol. The maximum atomic E-state index is 13.7. The third-order valence-electron chi connectivity index (χ3n) is 7.22. The molecule has 4 heterocycles. The lowest BCUT2D eigenvalue weighted by atomic mass is 9.94. The standard InChI is InChI=1S/C25H34N6O/c1-26-24-20-9-12-27-17-21(20)28-23(29-24)19-10-15-31(16-11-19)25(32)22(30-13-5-6-14-30)18-7-3-2-4-8-18/h2-4,7-8,19,22,27H,5-6,9-17H2,1H3,(H,26,28,29). The summed E-state index contributed by atoms with van der Waals surface area (Å²) in [5, 5.41) is 6.70. The molecule has 2 N–H and O–H groups in total. The van der Waals surface area contributed by atoms with Crippen LogP contribution in [0.25, 0.3) is 0 Å². The number of hydrogen-bond acceptors (Lipinski definition) is 6. The molecule has 5 rings (SSSR count). The summed E-state index contributed by atoms with van der Waals surface area (Å²) < 4.78 is 0. The van der Waals surface area contributed by atoms with Gasteiger partial charge in [-0.3, -0.25) is 9.69 Å². The molecule has 7 nitrogen and oxygen atoms in total. The van der Waals surface area contributed by atoms with Crippen molar-refractivity contribution in [3.8, 4) is 0 Å². The second kappa shape index (κ2) is 9.55. The molecule has 1 unspecified atom stereocenters. The smallest absolute Gasteiger partial charge is 0.244 e. The molecule has 170 valence electrons. The molecule has 0 aliphatic carbocycles. The van der Waals surface area contributed by atoms with E-state index in [4.69, 9.17) is 9.97 Å². The van der Waals surface area contributed by atoms with Crippen LogP contribution < -0.4 is 10.6 Å². The fourth-order valence-electron chi connectivity index (χ4n) is 5.44. The number of nitrogens with one attached hydrogen (secondary N) is 2. The zero-order chi connectivity index (χ0) is 21.9. The molecule has 0 spiro atoms. The summed E-state index contributed by atoms with van der Waals surface area (Å²) in [4.78, 5) is 27.9. The molecule has 2 aromatic rings. The van der Waals surface area contributed by atoms with Gasteiger partial charge in [-0.05, 0) is 57.3 Å². The monoisotopic (exact) mass is 434 g/mol. The van der Waals surface area contributed by atoms with Gasteiger partial charge >= 0.3 is 0 Å². The summed E-state index contributed by atoms with van der Waals surface area (Å²) in [7, 11) is 1.94. The van der Waals surface area contributed by atoms with Crippen molar-refractivity contribution in [3.05, 3.63) is 53.0 Å². The van der Waals surface area contributed by atoms with Gasteiger partial charge in [0.05, 0.1) is 5.69 Å². The van der Waals surface area contributed by atoms with Crippen LogP contribution in [0.5, 0.6) is 0 Å². The number of aromatic nitrogens is 2. The highest BCUT2D eigenvalue weighted by molar-refractivity contribution is 5.83. The minimum atomic E-state index is -0.155. The van der Waals surface area contributed by atoms with Crippen molar-refractivity contribution in [2.75, 3.05) is 45.1 Å². The predicted molar refractivity (Wildman–Crippen MR) is 126 cm³/mol. The van der Waals surface area contributed by atoms with Crippen molar-refractivity contribution in [1.82, 2.24) is 25.1 Å². The molecular formula is C25H34N6O. The minimum absolute atomic E-state index is 0.155. The highest BCUT2D eigenvalue weighted by atomic mass is 16.2. The van der Waals surface area contributed by atoms with E-state index in [2.05, 4.69) is 32.6 Å². The Labute approximate surface area is 190 Å². The highest BCUT2D eigenvalue weighted by Gasteiger charge is 2.35. The number of amides is 1. The number of piperidine rings is 1. The van der Waals surface area contributed by atoms with Crippen molar-refractivity contribution in [3.63, 3.8) is 0 Å². The summed E-state index contributed by atoms with van der Waals surface area (Å²) in [6.07, 6.45) is 5.16. The van der Waals surface area contributed by atoms with Crippen LogP contribution in [0.2, 0.25) is 0 Å². The van der Waals surface area contributed by atoms with E-state index in [9.17, 15) is 4.79 Å². The average Bonchev–Trinajstić information content (AvgIpc) is 3.38. The SMILES string of the molecule is CNc1nc(C2CCN(C(=O)C(c3ccccc3)N3CCCC3)CC2)nc2c1CCNC2. The number of nitrogens with zero attached hydrogens (tertiary/aromatic N) is 4. The van der Waals surface area contributed by atoms with Crippen LogP contribution in [0.1, 0.15) is 60.3 Å². The van der Waals surface area contributed by atoms with Gasteiger partial charge in [0.15, 0.2) is 0 Å². The van der Waals surface area contributed by atoms with Crippen LogP contribution in [0, 0.1) is 0 Å². The molecule has 32 heavy (non-hydrogen) atoms. The van der Waals surface area contributed by atoms with Crippen LogP contribution in [-0.2, 0) is 17.8 Å². The number of benzene rings is 1.